The Morgan fingerprint density at radius 2 is 1.95 bits per heavy atom. The van der Waals surface area contributed by atoms with Gasteiger partial charge < -0.3 is 10.1 Å². The molecule has 0 bridgehead atoms. The topological polar surface area (TPSA) is 27.7 Å². The second-order valence-corrected chi connectivity index (χ2v) is 6.22. The SMILES string of the molecule is CCNC(CN1CCN(C(C)C)CC1)C1CCOC1. The van der Waals surface area contributed by atoms with Crippen molar-refractivity contribution in [2.24, 2.45) is 5.92 Å². The third-order valence-corrected chi connectivity index (χ3v) is 4.59. The van der Waals surface area contributed by atoms with Crippen LogP contribution >= 0.6 is 0 Å². The maximum Gasteiger partial charge on any atom is 0.0510 e. The average molecular weight is 269 g/mol. The minimum absolute atomic E-state index is 0.609. The van der Waals surface area contributed by atoms with Crippen molar-refractivity contribution in [3.05, 3.63) is 0 Å². The van der Waals surface area contributed by atoms with Crippen molar-refractivity contribution in [3.63, 3.8) is 0 Å². The van der Waals surface area contributed by atoms with Crippen LogP contribution in [0.1, 0.15) is 27.2 Å². The Hall–Kier alpha value is -0.160. The first-order valence-electron chi connectivity index (χ1n) is 7.98. The predicted octanol–water partition coefficient (Wildman–Crippen LogP) is 1.03. The fraction of sp³-hybridized carbons (Fsp3) is 1.00. The summed E-state index contributed by atoms with van der Waals surface area (Å²) in [4.78, 5) is 5.21. The number of hydrogen-bond donors (Lipinski definition) is 1. The van der Waals surface area contributed by atoms with Crippen molar-refractivity contribution in [2.45, 2.75) is 39.3 Å². The van der Waals surface area contributed by atoms with Gasteiger partial charge in [0.1, 0.15) is 0 Å². The molecule has 0 aliphatic carbocycles. The van der Waals surface area contributed by atoms with Gasteiger partial charge in [-0.2, -0.15) is 0 Å². The minimum Gasteiger partial charge on any atom is -0.381 e. The molecule has 2 aliphatic rings. The number of nitrogens with one attached hydrogen (secondary N) is 1. The summed E-state index contributed by atoms with van der Waals surface area (Å²) in [6.45, 7) is 15.8. The zero-order valence-electron chi connectivity index (χ0n) is 12.9. The lowest BCUT2D eigenvalue weighted by atomic mass is 9.98. The molecule has 112 valence electrons. The maximum absolute atomic E-state index is 5.56. The van der Waals surface area contributed by atoms with E-state index in [0.29, 0.717) is 18.0 Å². The van der Waals surface area contributed by atoms with Crippen LogP contribution in [0.4, 0.5) is 0 Å². The lowest BCUT2D eigenvalue weighted by Gasteiger charge is -2.39. The zero-order valence-corrected chi connectivity index (χ0v) is 12.9. The maximum atomic E-state index is 5.56. The normalized spacial score (nSPS) is 28.1. The molecule has 4 nitrogen and oxygen atoms in total. The van der Waals surface area contributed by atoms with Crippen LogP contribution in [0.2, 0.25) is 0 Å². The fourth-order valence-electron chi connectivity index (χ4n) is 3.25. The zero-order chi connectivity index (χ0) is 13.7. The van der Waals surface area contributed by atoms with E-state index < -0.39 is 0 Å². The van der Waals surface area contributed by atoms with Gasteiger partial charge >= 0.3 is 0 Å². The Kier molecular flexibility index (Phi) is 6.07. The second-order valence-electron chi connectivity index (χ2n) is 6.22. The van der Waals surface area contributed by atoms with Crippen LogP contribution in [0.25, 0.3) is 0 Å². The molecule has 0 radical (unpaired) electrons. The van der Waals surface area contributed by atoms with Crippen molar-refractivity contribution in [2.75, 3.05) is 52.5 Å². The summed E-state index contributed by atoms with van der Waals surface area (Å²) in [7, 11) is 0. The summed E-state index contributed by atoms with van der Waals surface area (Å²) in [5.74, 6) is 0.711. The Bertz CT molecular complexity index is 246. The van der Waals surface area contributed by atoms with Gasteiger partial charge in [0.2, 0.25) is 0 Å². The van der Waals surface area contributed by atoms with Gasteiger partial charge in [0, 0.05) is 57.3 Å². The monoisotopic (exact) mass is 269 g/mol. The van der Waals surface area contributed by atoms with E-state index in [2.05, 4.69) is 35.9 Å². The summed E-state index contributed by atoms with van der Waals surface area (Å²) in [6.07, 6.45) is 1.23. The van der Waals surface area contributed by atoms with Gasteiger partial charge in [-0.15, -0.1) is 0 Å². The van der Waals surface area contributed by atoms with Crippen LogP contribution in [0, 0.1) is 5.92 Å². The highest BCUT2D eigenvalue weighted by molar-refractivity contribution is 4.84. The lowest BCUT2D eigenvalue weighted by Crippen LogP contribution is -2.53. The molecular formula is C15H31N3O. The molecule has 2 unspecified atom stereocenters. The first kappa shape index (κ1) is 15.2. The van der Waals surface area contributed by atoms with Crippen molar-refractivity contribution in [1.82, 2.24) is 15.1 Å². The molecule has 2 rings (SSSR count). The standard InChI is InChI=1S/C15H31N3O/c1-4-16-15(14-5-10-19-12-14)11-17-6-8-18(9-7-17)13(2)3/h13-16H,4-12H2,1-3H3. The summed E-state index contributed by atoms with van der Waals surface area (Å²) in [5, 5.41) is 3.67. The largest absolute Gasteiger partial charge is 0.381 e. The number of nitrogens with zero attached hydrogens (tertiary/aromatic N) is 2. The van der Waals surface area contributed by atoms with Crippen LogP contribution in [-0.2, 0) is 4.74 Å². The second kappa shape index (κ2) is 7.58. The quantitative estimate of drug-likeness (QED) is 0.779. The molecule has 0 aromatic carbocycles. The van der Waals surface area contributed by atoms with E-state index in [1.165, 1.54) is 39.1 Å². The third kappa shape index (κ3) is 4.42. The first-order valence-corrected chi connectivity index (χ1v) is 7.98. The van der Waals surface area contributed by atoms with Crippen LogP contribution in [-0.4, -0.2) is 74.4 Å². The van der Waals surface area contributed by atoms with E-state index in [0.717, 1.165) is 19.8 Å². The highest BCUT2D eigenvalue weighted by Crippen LogP contribution is 2.18. The van der Waals surface area contributed by atoms with E-state index in [-0.39, 0.29) is 0 Å². The van der Waals surface area contributed by atoms with Gasteiger partial charge in [-0.3, -0.25) is 9.80 Å². The van der Waals surface area contributed by atoms with Crippen LogP contribution in [0.5, 0.6) is 0 Å². The lowest BCUT2D eigenvalue weighted by molar-refractivity contribution is 0.0918. The van der Waals surface area contributed by atoms with Crippen molar-refractivity contribution < 1.29 is 4.74 Å². The van der Waals surface area contributed by atoms with Crippen LogP contribution in [0.15, 0.2) is 0 Å². The minimum atomic E-state index is 0.609. The summed E-state index contributed by atoms with van der Waals surface area (Å²) in [6, 6.07) is 1.30. The van der Waals surface area contributed by atoms with Gasteiger partial charge in [0.05, 0.1) is 6.61 Å². The Labute approximate surface area is 118 Å². The summed E-state index contributed by atoms with van der Waals surface area (Å²) in [5.41, 5.74) is 0. The Morgan fingerprint density at radius 3 is 2.47 bits per heavy atom. The molecule has 0 saturated carbocycles. The molecule has 2 aliphatic heterocycles. The molecule has 1 N–H and O–H groups in total. The third-order valence-electron chi connectivity index (χ3n) is 4.59. The van der Waals surface area contributed by atoms with Gasteiger partial charge in [-0.25, -0.2) is 0 Å². The van der Waals surface area contributed by atoms with Crippen molar-refractivity contribution in [3.8, 4) is 0 Å². The van der Waals surface area contributed by atoms with Gasteiger partial charge in [0.25, 0.3) is 0 Å². The molecule has 0 aromatic rings. The average Bonchev–Trinajstić information content (AvgIpc) is 2.92. The highest BCUT2D eigenvalue weighted by atomic mass is 16.5. The Balaban J connectivity index is 1.78. The predicted molar refractivity (Wildman–Crippen MR) is 79.5 cm³/mol. The van der Waals surface area contributed by atoms with E-state index in [4.69, 9.17) is 4.74 Å². The molecule has 0 spiro atoms. The summed E-state index contributed by atoms with van der Waals surface area (Å²) < 4.78 is 5.56. The number of hydrogen-bond acceptors (Lipinski definition) is 4. The van der Waals surface area contributed by atoms with Gasteiger partial charge in [-0.1, -0.05) is 6.92 Å². The molecule has 19 heavy (non-hydrogen) atoms. The molecule has 2 saturated heterocycles. The van der Waals surface area contributed by atoms with Crippen LogP contribution in [0.3, 0.4) is 0 Å². The number of ether oxygens (including phenoxy) is 1. The van der Waals surface area contributed by atoms with Gasteiger partial charge in [0.15, 0.2) is 0 Å². The van der Waals surface area contributed by atoms with Crippen LogP contribution < -0.4 is 5.32 Å². The van der Waals surface area contributed by atoms with E-state index in [1.54, 1.807) is 0 Å². The molecule has 2 heterocycles. The molecule has 4 heteroatoms. The molecular weight excluding hydrogens is 238 g/mol. The first-order chi connectivity index (χ1) is 9.20. The molecule has 0 aromatic heterocycles. The van der Waals surface area contributed by atoms with E-state index >= 15 is 0 Å². The Morgan fingerprint density at radius 1 is 1.21 bits per heavy atom. The number of likely N-dealkylation sites (N-methyl/N-ethyl adjacent to an activating group) is 1. The fourth-order valence-corrected chi connectivity index (χ4v) is 3.25. The van der Waals surface area contributed by atoms with Crippen molar-refractivity contribution >= 4 is 0 Å². The van der Waals surface area contributed by atoms with Crippen molar-refractivity contribution in [1.29, 1.82) is 0 Å². The highest BCUT2D eigenvalue weighted by Gasteiger charge is 2.28. The number of piperazine rings is 1. The molecule has 2 fully saturated rings. The van der Waals surface area contributed by atoms with E-state index in [9.17, 15) is 0 Å². The molecule has 2 atom stereocenters. The van der Waals surface area contributed by atoms with E-state index in [1.807, 2.05) is 0 Å². The van der Waals surface area contributed by atoms with Gasteiger partial charge in [-0.05, 0) is 26.8 Å². The summed E-state index contributed by atoms with van der Waals surface area (Å²) >= 11 is 0. The number of rotatable bonds is 6. The smallest absolute Gasteiger partial charge is 0.0510 e. The molecule has 0 amide bonds.